The van der Waals surface area contributed by atoms with Crippen molar-refractivity contribution in [2.24, 2.45) is 0 Å². The van der Waals surface area contributed by atoms with Crippen molar-refractivity contribution in [2.45, 2.75) is 20.2 Å². The molecule has 0 N–H and O–H groups in total. The van der Waals surface area contributed by atoms with E-state index in [1.54, 1.807) is 0 Å². The highest BCUT2D eigenvalue weighted by molar-refractivity contribution is 7.85. The zero-order valence-electron chi connectivity index (χ0n) is 5.57. The van der Waals surface area contributed by atoms with E-state index in [0.29, 0.717) is 7.80 Å². The van der Waals surface area contributed by atoms with Crippen molar-refractivity contribution in [3.8, 4) is 0 Å². The Hall–Kier alpha value is 0.495. The highest BCUT2D eigenvalue weighted by atomic mass is 31.1. The average Bonchev–Trinajstić information content (AvgIpc) is 1.68. The van der Waals surface area contributed by atoms with Gasteiger partial charge in [0.1, 0.15) is 7.00 Å². The van der Waals surface area contributed by atoms with Gasteiger partial charge in [0.05, 0.1) is 0 Å². The molecule has 0 amide bonds. The molecule has 0 aromatic rings. The van der Waals surface area contributed by atoms with Crippen LogP contribution in [0.2, 0.25) is 6.82 Å². The van der Waals surface area contributed by atoms with Gasteiger partial charge in [-0.05, 0) is 6.16 Å². The summed E-state index contributed by atoms with van der Waals surface area (Å²) in [6.45, 7) is 8.32. The second kappa shape index (κ2) is 4.65. The lowest BCUT2D eigenvalue weighted by Gasteiger charge is -2.02. The minimum absolute atomic E-state index is 0.422. The van der Waals surface area contributed by atoms with Crippen LogP contribution in [-0.2, 0) is 0 Å². The Morgan fingerprint density at radius 3 is 2.29 bits per heavy atom. The Morgan fingerprint density at radius 2 is 2.14 bits per heavy atom. The van der Waals surface area contributed by atoms with Crippen molar-refractivity contribution in [1.29, 1.82) is 0 Å². The first-order valence-electron chi connectivity index (χ1n) is 2.99. The van der Waals surface area contributed by atoms with Crippen LogP contribution in [0.15, 0.2) is 0 Å². The Kier molecular flexibility index (Phi) is 4.98. The molecule has 0 rings (SSSR count). The molecule has 0 aliphatic rings. The van der Waals surface area contributed by atoms with Crippen LogP contribution in [0.4, 0.5) is 0 Å². The maximum Gasteiger partial charge on any atom is 0.149 e. The smallest absolute Gasteiger partial charge is 0.148 e. The largest absolute Gasteiger partial charge is 0.149 e. The summed E-state index contributed by atoms with van der Waals surface area (Å²) in [6, 6.07) is 0. The molecule has 0 aromatic carbocycles. The van der Waals surface area contributed by atoms with Crippen LogP contribution in [-0.4, -0.2) is 19.8 Å². The molecule has 0 radical (unpaired) electrons. The molecular formula is C5H14BP. The topological polar surface area (TPSA) is 0 Å². The lowest BCUT2D eigenvalue weighted by Crippen LogP contribution is -1.83. The van der Waals surface area contributed by atoms with E-state index in [4.69, 9.17) is 0 Å². The fourth-order valence-electron chi connectivity index (χ4n) is 0.540. The zero-order valence-corrected chi connectivity index (χ0v) is 6.46. The van der Waals surface area contributed by atoms with Crippen LogP contribution >= 0.6 is 7.80 Å². The number of hydrogen-bond acceptors (Lipinski definition) is 0. The third-order valence-electron chi connectivity index (χ3n) is 1.15. The van der Waals surface area contributed by atoms with Crippen molar-refractivity contribution in [1.82, 2.24) is 0 Å². The minimum atomic E-state index is 0.422. The molecule has 0 bridgehead atoms. The zero-order chi connectivity index (χ0) is 5.70. The first-order chi connectivity index (χ1) is 3.31. The van der Waals surface area contributed by atoms with Crippen LogP contribution in [0.3, 0.4) is 0 Å². The van der Waals surface area contributed by atoms with Gasteiger partial charge in [-0.3, -0.25) is 0 Å². The second-order valence-electron chi connectivity index (χ2n) is 1.90. The van der Waals surface area contributed by atoms with E-state index >= 15 is 0 Å². The molecule has 1 unspecified atom stereocenters. The normalized spacial score (nSPS) is 13.6. The molecule has 2 heteroatoms. The van der Waals surface area contributed by atoms with Gasteiger partial charge in [-0.2, -0.15) is 0 Å². The van der Waals surface area contributed by atoms with E-state index in [2.05, 4.69) is 20.4 Å². The van der Waals surface area contributed by atoms with Crippen molar-refractivity contribution >= 4 is 14.8 Å². The van der Waals surface area contributed by atoms with Gasteiger partial charge in [-0.1, -0.05) is 26.8 Å². The molecule has 42 valence electrons. The molecule has 0 nitrogen and oxygen atoms in total. The predicted molar refractivity (Wildman–Crippen MR) is 41.0 cm³/mol. The van der Waals surface area contributed by atoms with Gasteiger partial charge in [0.15, 0.2) is 0 Å². The third kappa shape index (κ3) is 4.35. The highest BCUT2D eigenvalue weighted by Gasteiger charge is 1.93. The average molecular weight is 116 g/mol. The van der Waals surface area contributed by atoms with Gasteiger partial charge in [0.25, 0.3) is 0 Å². The molecule has 0 aliphatic carbocycles. The van der Waals surface area contributed by atoms with E-state index in [0.717, 1.165) is 0 Å². The van der Waals surface area contributed by atoms with Gasteiger partial charge in [0.2, 0.25) is 0 Å². The summed E-state index contributed by atoms with van der Waals surface area (Å²) in [4.78, 5) is 0. The van der Waals surface area contributed by atoms with Gasteiger partial charge in [0, 0.05) is 0 Å². The lowest BCUT2D eigenvalue weighted by atomic mass is 10.2. The summed E-state index contributed by atoms with van der Waals surface area (Å²) in [5.41, 5.74) is 0. The Morgan fingerprint density at radius 1 is 1.57 bits per heavy atom. The standard InChI is InChI=1S/C5H14BP/c1-4-5-7(3)6-2/h6H,4-5H2,1-3H3. The second-order valence-corrected chi connectivity index (χ2v) is 4.69. The quantitative estimate of drug-likeness (QED) is 0.390. The molecule has 0 fully saturated rings. The Bertz CT molecular complexity index is 39.1. The van der Waals surface area contributed by atoms with Crippen molar-refractivity contribution in [3.05, 3.63) is 0 Å². The summed E-state index contributed by atoms with van der Waals surface area (Å²) >= 11 is 0. The molecular weight excluding hydrogens is 102 g/mol. The molecule has 7 heavy (non-hydrogen) atoms. The van der Waals surface area contributed by atoms with E-state index in [9.17, 15) is 0 Å². The Balaban J connectivity index is 2.83. The predicted octanol–water partition coefficient (Wildman–Crippen LogP) is 1.91. The maximum atomic E-state index is 2.37. The summed E-state index contributed by atoms with van der Waals surface area (Å²) in [7, 11) is 0.422. The monoisotopic (exact) mass is 116 g/mol. The summed E-state index contributed by atoms with van der Waals surface area (Å²) < 4.78 is 0. The molecule has 0 aliphatic heterocycles. The van der Waals surface area contributed by atoms with Crippen molar-refractivity contribution in [3.63, 3.8) is 0 Å². The van der Waals surface area contributed by atoms with E-state index in [1.165, 1.54) is 19.6 Å². The van der Waals surface area contributed by atoms with Gasteiger partial charge < -0.3 is 0 Å². The van der Waals surface area contributed by atoms with Gasteiger partial charge >= 0.3 is 0 Å². The number of rotatable bonds is 3. The van der Waals surface area contributed by atoms with Gasteiger partial charge in [-0.25, -0.2) is 0 Å². The first-order valence-corrected chi connectivity index (χ1v) is 5.15. The van der Waals surface area contributed by atoms with E-state index < -0.39 is 0 Å². The summed E-state index contributed by atoms with van der Waals surface area (Å²) in [5, 5.41) is 0. The molecule has 0 heterocycles. The molecule has 1 atom stereocenters. The third-order valence-corrected chi connectivity index (χ3v) is 3.44. The SMILES string of the molecule is CBP(C)CCC. The van der Waals surface area contributed by atoms with Crippen molar-refractivity contribution < 1.29 is 0 Å². The molecule has 0 saturated heterocycles. The van der Waals surface area contributed by atoms with Crippen molar-refractivity contribution in [2.75, 3.05) is 12.8 Å². The van der Waals surface area contributed by atoms with Crippen LogP contribution in [0.5, 0.6) is 0 Å². The van der Waals surface area contributed by atoms with Crippen LogP contribution in [0.1, 0.15) is 13.3 Å². The van der Waals surface area contributed by atoms with E-state index in [1.807, 2.05) is 0 Å². The highest BCUT2D eigenvalue weighted by Crippen LogP contribution is 2.27. The molecule has 0 aromatic heterocycles. The lowest BCUT2D eigenvalue weighted by molar-refractivity contribution is 1.10. The van der Waals surface area contributed by atoms with Crippen LogP contribution in [0, 0.1) is 0 Å². The fraction of sp³-hybridized carbons (Fsp3) is 1.00. The first kappa shape index (κ1) is 7.49. The number of hydrogen-bond donors (Lipinski definition) is 0. The summed E-state index contributed by atoms with van der Waals surface area (Å²) in [5.74, 6) is 0. The minimum Gasteiger partial charge on any atom is -0.148 e. The molecule has 0 saturated carbocycles. The maximum absolute atomic E-state index is 2.37. The fourth-order valence-corrected chi connectivity index (χ4v) is 1.62. The van der Waals surface area contributed by atoms with Crippen LogP contribution < -0.4 is 0 Å². The Labute approximate surface area is 48.6 Å². The van der Waals surface area contributed by atoms with Crippen LogP contribution in [0.25, 0.3) is 0 Å². The molecule has 0 spiro atoms. The van der Waals surface area contributed by atoms with Gasteiger partial charge in [-0.15, -0.1) is 7.80 Å². The summed E-state index contributed by atoms with van der Waals surface area (Å²) in [6.07, 6.45) is 2.84. The van der Waals surface area contributed by atoms with E-state index in [-0.39, 0.29) is 0 Å².